The summed E-state index contributed by atoms with van der Waals surface area (Å²) in [6.45, 7) is 1.97. The number of nitrogens with zero attached hydrogens (tertiary/aromatic N) is 3. The zero-order chi connectivity index (χ0) is 15.0. The molecule has 0 spiro atoms. The van der Waals surface area contributed by atoms with Gasteiger partial charge < -0.3 is 0 Å². The van der Waals surface area contributed by atoms with Gasteiger partial charge >= 0.3 is 0 Å². The van der Waals surface area contributed by atoms with Crippen molar-refractivity contribution >= 4 is 21.1 Å². The third kappa shape index (κ3) is 3.24. The molecule has 0 aliphatic heterocycles. The van der Waals surface area contributed by atoms with Crippen molar-refractivity contribution in [1.82, 2.24) is 14.6 Å². The molecule has 21 heavy (non-hydrogen) atoms. The average Bonchev–Trinajstić information content (AvgIpc) is 3.12. The second kappa shape index (κ2) is 5.38. The van der Waals surface area contributed by atoms with Gasteiger partial charge in [0, 0.05) is 13.1 Å². The quantitative estimate of drug-likeness (QED) is 0.817. The van der Waals surface area contributed by atoms with Crippen molar-refractivity contribution in [3.05, 3.63) is 23.8 Å². The Kier molecular flexibility index (Phi) is 3.71. The standard InChI is InChI=1S/C14H19N3O3S/c1-10(7-11-3-4-11)17(2)21(18,19)9-12-5-6-13-14(8-12)16-20-15-13/h5-6,8,10-11H,3-4,7,9H2,1-2H3. The Hall–Kier alpha value is -1.47. The third-order valence-corrected chi connectivity index (χ3v) is 6.03. The molecular formula is C14H19N3O3S. The van der Waals surface area contributed by atoms with E-state index in [4.69, 9.17) is 0 Å². The highest BCUT2D eigenvalue weighted by Crippen LogP contribution is 2.35. The lowest BCUT2D eigenvalue weighted by molar-refractivity contribution is 0.315. The van der Waals surface area contributed by atoms with E-state index in [1.807, 2.05) is 6.92 Å². The first-order chi connectivity index (χ1) is 9.95. The molecule has 6 nitrogen and oxygen atoms in total. The van der Waals surface area contributed by atoms with Crippen molar-refractivity contribution in [3.8, 4) is 0 Å². The van der Waals surface area contributed by atoms with Gasteiger partial charge in [-0.25, -0.2) is 17.4 Å². The summed E-state index contributed by atoms with van der Waals surface area (Å²) >= 11 is 0. The molecule has 0 radical (unpaired) electrons. The fourth-order valence-electron chi connectivity index (χ4n) is 2.49. The van der Waals surface area contributed by atoms with Gasteiger partial charge in [0.2, 0.25) is 10.0 Å². The summed E-state index contributed by atoms with van der Waals surface area (Å²) in [6.07, 6.45) is 3.41. The van der Waals surface area contributed by atoms with Gasteiger partial charge in [-0.05, 0) is 47.3 Å². The fourth-order valence-corrected chi connectivity index (χ4v) is 3.93. The maximum absolute atomic E-state index is 12.5. The van der Waals surface area contributed by atoms with Crippen LogP contribution in [0.15, 0.2) is 22.8 Å². The lowest BCUT2D eigenvalue weighted by atomic mass is 10.2. The average molecular weight is 309 g/mol. The van der Waals surface area contributed by atoms with Crippen molar-refractivity contribution < 1.29 is 13.0 Å². The predicted octanol–water partition coefficient (Wildman–Crippen LogP) is 2.17. The number of fused-ring (bicyclic) bond motifs is 1. The Balaban J connectivity index is 1.74. The third-order valence-electron chi connectivity index (χ3n) is 4.10. The lowest BCUT2D eigenvalue weighted by Crippen LogP contribution is -2.36. The van der Waals surface area contributed by atoms with Crippen molar-refractivity contribution in [3.63, 3.8) is 0 Å². The number of benzene rings is 1. The van der Waals surface area contributed by atoms with Crippen LogP contribution in [0.5, 0.6) is 0 Å². The molecule has 114 valence electrons. The Bertz CT molecular complexity index is 737. The molecule has 0 amide bonds. The minimum absolute atomic E-state index is 0.0265. The highest BCUT2D eigenvalue weighted by Gasteiger charge is 2.29. The molecule has 1 aliphatic carbocycles. The van der Waals surface area contributed by atoms with Crippen molar-refractivity contribution in [2.24, 2.45) is 5.92 Å². The summed E-state index contributed by atoms with van der Waals surface area (Å²) in [4.78, 5) is 0. The monoisotopic (exact) mass is 309 g/mol. The number of aromatic nitrogens is 2. The Morgan fingerprint density at radius 1 is 1.33 bits per heavy atom. The summed E-state index contributed by atoms with van der Waals surface area (Å²) < 4.78 is 31.1. The molecule has 3 rings (SSSR count). The molecule has 0 saturated heterocycles. The zero-order valence-corrected chi connectivity index (χ0v) is 13.0. The molecule has 1 aromatic carbocycles. The van der Waals surface area contributed by atoms with E-state index >= 15 is 0 Å². The number of rotatable bonds is 6. The molecule has 7 heteroatoms. The molecule has 1 aromatic heterocycles. The molecule has 1 fully saturated rings. The SMILES string of the molecule is CC(CC1CC1)N(C)S(=O)(=O)Cc1ccc2nonc2c1. The van der Waals surface area contributed by atoms with Gasteiger partial charge in [-0.2, -0.15) is 0 Å². The van der Waals surface area contributed by atoms with Gasteiger partial charge in [0.25, 0.3) is 0 Å². The lowest BCUT2D eigenvalue weighted by Gasteiger charge is -2.24. The van der Waals surface area contributed by atoms with Crippen LogP contribution in [0.3, 0.4) is 0 Å². The van der Waals surface area contributed by atoms with Gasteiger partial charge in [0.15, 0.2) is 0 Å². The maximum atomic E-state index is 12.5. The van der Waals surface area contributed by atoms with Gasteiger partial charge in [-0.1, -0.05) is 18.9 Å². The van der Waals surface area contributed by atoms with E-state index in [0.29, 0.717) is 22.5 Å². The van der Waals surface area contributed by atoms with E-state index < -0.39 is 10.0 Å². The van der Waals surface area contributed by atoms with Crippen molar-refractivity contribution in [1.29, 1.82) is 0 Å². The van der Waals surface area contributed by atoms with Crippen LogP contribution in [0, 0.1) is 5.92 Å². The second-order valence-electron chi connectivity index (χ2n) is 5.89. The summed E-state index contributed by atoms with van der Waals surface area (Å²) in [6, 6.07) is 5.23. The van der Waals surface area contributed by atoms with Crippen LogP contribution in [0.4, 0.5) is 0 Å². The first-order valence-corrected chi connectivity index (χ1v) is 8.73. The molecule has 0 bridgehead atoms. The van der Waals surface area contributed by atoms with Crippen LogP contribution in [0.2, 0.25) is 0 Å². The van der Waals surface area contributed by atoms with E-state index in [-0.39, 0.29) is 11.8 Å². The van der Waals surface area contributed by atoms with E-state index in [9.17, 15) is 8.42 Å². The van der Waals surface area contributed by atoms with Gasteiger partial charge in [-0.15, -0.1) is 0 Å². The van der Waals surface area contributed by atoms with Crippen LogP contribution in [-0.4, -0.2) is 36.1 Å². The van der Waals surface area contributed by atoms with Crippen LogP contribution in [0.1, 0.15) is 31.7 Å². The van der Waals surface area contributed by atoms with E-state index in [1.54, 1.807) is 25.2 Å². The first-order valence-electron chi connectivity index (χ1n) is 7.12. The molecule has 1 unspecified atom stereocenters. The second-order valence-corrected chi connectivity index (χ2v) is 7.92. The number of hydrogen-bond acceptors (Lipinski definition) is 5. The molecule has 1 heterocycles. The normalized spacial score (nSPS) is 17.5. The van der Waals surface area contributed by atoms with Crippen LogP contribution in [0.25, 0.3) is 11.0 Å². The molecule has 0 N–H and O–H groups in total. The smallest absolute Gasteiger partial charge is 0.218 e. The van der Waals surface area contributed by atoms with Crippen LogP contribution in [-0.2, 0) is 15.8 Å². The topological polar surface area (TPSA) is 76.3 Å². The summed E-state index contributed by atoms with van der Waals surface area (Å²) in [5, 5.41) is 7.46. The molecule has 1 saturated carbocycles. The Labute approximate surface area is 124 Å². The molecule has 1 aliphatic rings. The summed E-state index contributed by atoms with van der Waals surface area (Å²) in [5.74, 6) is 0.677. The Morgan fingerprint density at radius 3 is 2.76 bits per heavy atom. The largest absolute Gasteiger partial charge is 0.243 e. The fraction of sp³-hybridized carbons (Fsp3) is 0.571. The Morgan fingerprint density at radius 2 is 2.05 bits per heavy atom. The number of sulfonamides is 1. The molecule has 1 atom stereocenters. The van der Waals surface area contributed by atoms with E-state index in [2.05, 4.69) is 14.9 Å². The first kappa shape index (κ1) is 14.5. The molecular weight excluding hydrogens is 290 g/mol. The highest BCUT2D eigenvalue weighted by atomic mass is 32.2. The van der Waals surface area contributed by atoms with Crippen molar-refractivity contribution in [2.75, 3.05) is 7.05 Å². The highest BCUT2D eigenvalue weighted by molar-refractivity contribution is 7.88. The van der Waals surface area contributed by atoms with Crippen LogP contribution < -0.4 is 0 Å². The van der Waals surface area contributed by atoms with Gasteiger partial charge in [0.1, 0.15) is 11.0 Å². The van der Waals surface area contributed by atoms with E-state index in [0.717, 1.165) is 6.42 Å². The van der Waals surface area contributed by atoms with Crippen molar-refractivity contribution in [2.45, 2.75) is 38.0 Å². The predicted molar refractivity (Wildman–Crippen MR) is 79.0 cm³/mol. The van der Waals surface area contributed by atoms with E-state index in [1.165, 1.54) is 17.1 Å². The van der Waals surface area contributed by atoms with Gasteiger partial charge in [-0.3, -0.25) is 0 Å². The van der Waals surface area contributed by atoms with Gasteiger partial charge in [0.05, 0.1) is 5.75 Å². The minimum Gasteiger partial charge on any atom is -0.243 e. The minimum atomic E-state index is -3.33. The summed E-state index contributed by atoms with van der Waals surface area (Å²) in [5.41, 5.74) is 1.91. The maximum Gasteiger partial charge on any atom is 0.218 e. The summed E-state index contributed by atoms with van der Waals surface area (Å²) in [7, 11) is -1.66. The zero-order valence-electron chi connectivity index (χ0n) is 12.2. The molecule has 2 aromatic rings. The van der Waals surface area contributed by atoms with Crippen LogP contribution >= 0.6 is 0 Å². The number of hydrogen-bond donors (Lipinski definition) is 0.